The standard InChI is InChI=1S/C30H25ClF3N5O3/c1-15-2-9-23(32)27-37-24-12-16(28(40)36-18-3-7-20(8-4-18)42-30(31,33)34)10-21(26(24)39(15)27)17-11-22-25(35-13-17)14-38(29(22)41)19-5-6-19/h3-4,7-8,10-13,15,19,23H,2,5-6,9,14H2,1H3,(H,36,40)/t15-,23?/m1/s1. The molecule has 216 valence electrons. The lowest BCUT2D eigenvalue weighted by Gasteiger charge is -2.25. The summed E-state index contributed by atoms with van der Waals surface area (Å²) in [6.07, 6.45) is 3.41. The van der Waals surface area contributed by atoms with E-state index >= 15 is 4.39 Å². The molecule has 1 unspecified atom stereocenters. The smallest absolute Gasteiger partial charge is 0.420 e. The fourth-order valence-corrected chi connectivity index (χ4v) is 5.97. The number of rotatable bonds is 6. The molecule has 0 radical (unpaired) electrons. The summed E-state index contributed by atoms with van der Waals surface area (Å²) < 4.78 is 47.2. The normalized spacial score (nSPS) is 20.0. The summed E-state index contributed by atoms with van der Waals surface area (Å²) in [6, 6.07) is 10.6. The number of hydrogen-bond acceptors (Lipinski definition) is 5. The highest BCUT2D eigenvalue weighted by Gasteiger charge is 2.39. The monoisotopic (exact) mass is 595 g/mol. The Morgan fingerprint density at radius 1 is 1.10 bits per heavy atom. The van der Waals surface area contributed by atoms with Gasteiger partial charge in [0.25, 0.3) is 11.8 Å². The molecule has 1 fully saturated rings. The van der Waals surface area contributed by atoms with Crippen LogP contribution >= 0.6 is 11.6 Å². The Bertz CT molecular complexity index is 1750. The Labute approximate surface area is 243 Å². The number of hydrogen-bond donors (Lipinski definition) is 1. The summed E-state index contributed by atoms with van der Waals surface area (Å²) in [5.74, 6) is -0.414. The number of carbonyl (C=O) groups excluding carboxylic acids is 2. The molecule has 4 heterocycles. The minimum Gasteiger partial charge on any atom is -0.420 e. The first-order valence-corrected chi connectivity index (χ1v) is 14.1. The Morgan fingerprint density at radius 3 is 2.57 bits per heavy atom. The first-order chi connectivity index (χ1) is 20.1. The van der Waals surface area contributed by atoms with E-state index in [1.54, 1.807) is 24.4 Å². The van der Waals surface area contributed by atoms with Gasteiger partial charge in [0, 0.05) is 52.3 Å². The van der Waals surface area contributed by atoms with Crippen molar-refractivity contribution in [2.75, 3.05) is 5.32 Å². The number of anilines is 1. The second kappa shape index (κ2) is 9.72. The van der Waals surface area contributed by atoms with Gasteiger partial charge in [-0.25, -0.2) is 9.37 Å². The second-order valence-corrected chi connectivity index (χ2v) is 11.5. The maximum absolute atomic E-state index is 15.1. The molecule has 2 aromatic heterocycles. The molecule has 2 aliphatic heterocycles. The molecule has 7 rings (SSSR count). The number of halogens is 4. The van der Waals surface area contributed by atoms with Gasteiger partial charge in [0.15, 0.2) is 6.17 Å². The minimum atomic E-state index is -3.86. The first-order valence-electron chi connectivity index (χ1n) is 13.7. The molecule has 4 aromatic rings. The van der Waals surface area contributed by atoms with Crippen LogP contribution in [0, 0.1) is 0 Å². The molecule has 2 atom stereocenters. The van der Waals surface area contributed by atoms with Crippen LogP contribution in [0.1, 0.15) is 77.1 Å². The van der Waals surface area contributed by atoms with Crippen molar-refractivity contribution in [2.45, 2.75) is 63.0 Å². The van der Waals surface area contributed by atoms with Gasteiger partial charge in [-0.15, -0.1) is 8.78 Å². The number of pyridine rings is 1. The number of alkyl halides is 4. The number of nitrogens with zero attached hydrogens (tertiary/aromatic N) is 4. The van der Waals surface area contributed by atoms with E-state index in [1.165, 1.54) is 24.3 Å². The SMILES string of the molecule is C[C@@H]1CCC(F)c2nc3cc(C(=O)Nc4ccc(OC(F)(F)Cl)cc4)cc(-c4cnc5c(c4)C(=O)N(C4CC4)C5)c3n21. The van der Waals surface area contributed by atoms with Crippen molar-refractivity contribution in [3.63, 3.8) is 0 Å². The van der Waals surface area contributed by atoms with E-state index in [9.17, 15) is 18.4 Å². The van der Waals surface area contributed by atoms with Crippen LogP contribution < -0.4 is 10.1 Å². The number of fused-ring (bicyclic) bond motifs is 4. The van der Waals surface area contributed by atoms with Crippen molar-refractivity contribution in [1.82, 2.24) is 19.4 Å². The van der Waals surface area contributed by atoms with Crippen LogP contribution in [-0.4, -0.2) is 42.9 Å². The van der Waals surface area contributed by atoms with E-state index < -0.39 is 17.6 Å². The maximum Gasteiger partial charge on any atom is 0.487 e. The van der Waals surface area contributed by atoms with Gasteiger partial charge in [-0.05, 0) is 75.1 Å². The van der Waals surface area contributed by atoms with Crippen molar-refractivity contribution in [2.24, 2.45) is 0 Å². The fraction of sp³-hybridized carbons (Fsp3) is 0.333. The largest absolute Gasteiger partial charge is 0.487 e. The summed E-state index contributed by atoms with van der Waals surface area (Å²) in [5.41, 5.74) is 0.318. The number of imidazole rings is 1. The number of nitrogens with one attached hydrogen (secondary N) is 1. The maximum atomic E-state index is 15.1. The molecule has 3 aliphatic rings. The molecule has 0 saturated heterocycles. The summed E-state index contributed by atoms with van der Waals surface area (Å²) in [6.45, 7) is 2.48. The van der Waals surface area contributed by atoms with Gasteiger partial charge in [0.1, 0.15) is 11.6 Å². The number of ether oxygens (including phenoxy) is 1. The lowest BCUT2D eigenvalue weighted by Crippen LogP contribution is -2.25. The Balaban J connectivity index is 1.29. The second-order valence-electron chi connectivity index (χ2n) is 11.0. The van der Waals surface area contributed by atoms with Crippen molar-refractivity contribution in [3.05, 3.63) is 71.3 Å². The van der Waals surface area contributed by atoms with Gasteiger partial charge >= 0.3 is 5.57 Å². The van der Waals surface area contributed by atoms with E-state index in [0.717, 1.165) is 12.8 Å². The quantitative estimate of drug-likeness (QED) is 0.242. The van der Waals surface area contributed by atoms with Crippen LogP contribution in [0.25, 0.3) is 22.2 Å². The number of carbonyl (C=O) groups is 2. The van der Waals surface area contributed by atoms with Crippen LogP contribution in [-0.2, 0) is 6.54 Å². The average molecular weight is 596 g/mol. The topological polar surface area (TPSA) is 89.3 Å². The van der Waals surface area contributed by atoms with Crippen molar-refractivity contribution >= 4 is 40.1 Å². The highest BCUT2D eigenvalue weighted by molar-refractivity contribution is 6.20. The number of amides is 2. The molecule has 2 amide bonds. The zero-order chi connectivity index (χ0) is 29.3. The molecule has 1 saturated carbocycles. The van der Waals surface area contributed by atoms with Crippen LogP contribution in [0.15, 0.2) is 48.7 Å². The van der Waals surface area contributed by atoms with Gasteiger partial charge in [-0.1, -0.05) is 0 Å². The van der Waals surface area contributed by atoms with Crippen LogP contribution in [0.5, 0.6) is 5.75 Å². The predicted molar refractivity (Wildman–Crippen MR) is 149 cm³/mol. The van der Waals surface area contributed by atoms with Gasteiger partial charge in [-0.2, -0.15) is 0 Å². The average Bonchev–Trinajstić information content (AvgIpc) is 3.63. The molecule has 8 nitrogen and oxygen atoms in total. The summed E-state index contributed by atoms with van der Waals surface area (Å²) in [4.78, 5) is 37.7. The van der Waals surface area contributed by atoms with Crippen LogP contribution in [0.4, 0.5) is 18.9 Å². The first kappa shape index (κ1) is 26.8. The molecular formula is C30H25ClF3N5O3. The van der Waals surface area contributed by atoms with Gasteiger partial charge in [0.05, 0.1) is 28.8 Å². The molecule has 12 heteroatoms. The zero-order valence-corrected chi connectivity index (χ0v) is 23.2. The van der Waals surface area contributed by atoms with Crippen molar-refractivity contribution in [1.29, 1.82) is 0 Å². The molecule has 2 aromatic carbocycles. The predicted octanol–water partition coefficient (Wildman–Crippen LogP) is 7.00. The molecule has 42 heavy (non-hydrogen) atoms. The Kier molecular flexibility index (Phi) is 6.19. The van der Waals surface area contributed by atoms with Gasteiger partial charge in [-0.3, -0.25) is 14.6 Å². The van der Waals surface area contributed by atoms with Gasteiger partial charge in [0.2, 0.25) is 0 Å². The third-order valence-corrected chi connectivity index (χ3v) is 8.14. The van der Waals surface area contributed by atoms with E-state index in [4.69, 9.17) is 11.6 Å². The van der Waals surface area contributed by atoms with Crippen molar-refractivity contribution in [3.8, 4) is 16.9 Å². The lowest BCUT2D eigenvalue weighted by molar-refractivity contribution is -0.0964. The van der Waals surface area contributed by atoms with E-state index in [-0.39, 0.29) is 29.3 Å². The Hall–Kier alpha value is -4.12. The molecule has 0 bridgehead atoms. The third kappa shape index (κ3) is 4.75. The number of aromatic nitrogens is 3. The fourth-order valence-electron chi connectivity index (χ4n) is 5.88. The van der Waals surface area contributed by atoms with Crippen molar-refractivity contribution < 1.29 is 27.5 Å². The van der Waals surface area contributed by atoms with Gasteiger partial charge < -0.3 is 19.5 Å². The molecule has 1 N–H and O–H groups in total. The lowest BCUT2D eigenvalue weighted by atomic mass is 9.98. The summed E-state index contributed by atoms with van der Waals surface area (Å²) in [7, 11) is 0. The summed E-state index contributed by atoms with van der Waals surface area (Å²) >= 11 is 4.82. The molecular weight excluding hydrogens is 571 g/mol. The van der Waals surface area contributed by atoms with Crippen LogP contribution in [0.3, 0.4) is 0 Å². The Morgan fingerprint density at radius 2 is 1.86 bits per heavy atom. The molecule has 1 aliphatic carbocycles. The number of benzene rings is 2. The third-order valence-electron chi connectivity index (χ3n) is 8.06. The highest BCUT2D eigenvalue weighted by Crippen LogP contribution is 2.42. The molecule has 0 spiro atoms. The highest BCUT2D eigenvalue weighted by atomic mass is 35.5. The zero-order valence-electron chi connectivity index (χ0n) is 22.4. The summed E-state index contributed by atoms with van der Waals surface area (Å²) in [5, 5.41) is 2.74. The minimum absolute atomic E-state index is 0.0223. The van der Waals surface area contributed by atoms with E-state index in [0.29, 0.717) is 64.3 Å². The van der Waals surface area contributed by atoms with Crippen LogP contribution in [0.2, 0.25) is 0 Å². The van der Waals surface area contributed by atoms with E-state index in [1.807, 2.05) is 16.4 Å². The van der Waals surface area contributed by atoms with E-state index in [2.05, 4.69) is 20.0 Å².